The molecule has 0 bridgehead atoms. The third-order valence-corrected chi connectivity index (χ3v) is 4.68. The van der Waals surface area contributed by atoms with Crippen molar-refractivity contribution in [2.24, 2.45) is 0 Å². The Morgan fingerprint density at radius 2 is 1.86 bits per heavy atom. The van der Waals surface area contributed by atoms with Gasteiger partial charge in [-0.2, -0.15) is 0 Å². The molecule has 3 rings (SSSR count). The van der Waals surface area contributed by atoms with Gasteiger partial charge in [0, 0.05) is 17.8 Å². The van der Waals surface area contributed by atoms with Gasteiger partial charge in [-0.1, -0.05) is 24.3 Å². The van der Waals surface area contributed by atoms with Crippen molar-refractivity contribution in [3.05, 3.63) is 60.4 Å². The van der Waals surface area contributed by atoms with Gasteiger partial charge < -0.3 is 29.9 Å². The summed E-state index contributed by atoms with van der Waals surface area (Å²) >= 11 is 0. The smallest absolute Gasteiger partial charge is 0.251 e. The fourth-order valence-electron chi connectivity index (χ4n) is 3.09. The van der Waals surface area contributed by atoms with Gasteiger partial charge in [0.1, 0.15) is 11.9 Å². The van der Waals surface area contributed by atoms with E-state index in [0.717, 1.165) is 27.5 Å². The second-order valence-corrected chi connectivity index (χ2v) is 6.88. The van der Waals surface area contributed by atoms with Crippen molar-refractivity contribution < 1.29 is 29.9 Å². The minimum absolute atomic E-state index is 0.399. The monoisotopic (exact) mass is 399 g/mol. The Hall–Kier alpha value is -2.55. The van der Waals surface area contributed by atoms with Crippen LogP contribution in [0.25, 0.3) is 21.9 Å². The zero-order chi connectivity index (χ0) is 21.0. The van der Waals surface area contributed by atoms with Gasteiger partial charge in [-0.15, -0.1) is 0 Å². The van der Waals surface area contributed by atoms with Crippen molar-refractivity contribution in [2.45, 2.75) is 38.6 Å². The van der Waals surface area contributed by atoms with Gasteiger partial charge in [0.25, 0.3) is 6.29 Å². The predicted molar refractivity (Wildman–Crippen MR) is 108 cm³/mol. The molecule has 3 atom stereocenters. The number of nitrogens with zero attached hydrogens (tertiary/aromatic N) is 1. The third kappa shape index (κ3) is 4.90. The van der Waals surface area contributed by atoms with Crippen LogP contribution in [0.3, 0.4) is 0 Å². The average molecular weight is 399 g/mol. The second-order valence-electron chi connectivity index (χ2n) is 6.88. The van der Waals surface area contributed by atoms with Gasteiger partial charge in [0.15, 0.2) is 0 Å². The molecule has 4 N–H and O–H groups in total. The maximum atomic E-state index is 9.60. The molecular weight excluding hydrogens is 374 g/mol. The molecule has 0 aliphatic heterocycles. The van der Waals surface area contributed by atoms with E-state index >= 15 is 0 Å². The van der Waals surface area contributed by atoms with Crippen molar-refractivity contribution in [1.82, 2.24) is 4.98 Å². The number of hydrogen-bond donors (Lipinski definition) is 4. The molecule has 0 radical (unpaired) electrons. The van der Waals surface area contributed by atoms with E-state index in [4.69, 9.17) is 9.47 Å². The molecule has 1 aromatic heterocycles. The molecule has 2 aromatic carbocycles. The lowest BCUT2D eigenvalue weighted by molar-refractivity contribution is -0.250. The summed E-state index contributed by atoms with van der Waals surface area (Å²) in [7, 11) is 0. The summed E-state index contributed by atoms with van der Waals surface area (Å²) in [4.78, 5) is 4.15. The van der Waals surface area contributed by atoms with Crippen LogP contribution in [0.4, 0.5) is 0 Å². The highest BCUT2D eigenvalue weighted by Gasteiger charge is 2.27. The summed E-state index contributed by atoms with van der Waals surface area (Å²) in [6.07, 6.45) is -1.87. The summed E-state index contributed by atoms with van der Waals surface area (Å²) in [6.45, 7) is 2.78. The lowest BCUT2D eigenvalue weighted by Gasteiger charge is -2.27. The van der Waals surface area contributed by atoms with Crippen LogP contribution in [0.2, 0.25) is 0 Å². The van der Waals surface area contributed by atoms with Gasteiger partial charge >= 0.3 is 0 Å². The summed E-state index contributed by atoms with van der Waals surface area (Å²) in [5, 5.41) is 40.2. The summed E-state index contributed by atoms with van der Waals surface area (Å²) in [6, 6.07) is 13.5. The Balaban J connectivity index is 1.87. The van der Waals surface area contributed by atoms with Crippen molar-refractivity contribution in [2.75, 3.05) is 6.61 Å². The molecule has 7 heteroatoms. The zero-order valence-corrected chi connectivity index (χ0v) is 16.3. The molecule has 0 saturated heterocycles. The quantitative estimate of drug-likeness (QED) is 0.429. The Bertz CT molecular complexity index is 954. The van der Waals surface area contributed by atoms with Gasteiger partial charge in [-0.25, -0.2) is 0 Å². The predicted octanol–water partition coefficient (Wildman–Crippen LogP) is 1.98. The molecule has 7 nitrogen and oxygen atoms in total. The number of benzene rings is 2. The van der Waals surface area contributed by atoms with Crippen LogP contribution in [0.5, 0.6) is 5.75 Å². The van der Waals surface area contributed by atoms with Crippen LogP contribution in [-0.2, 0) is 4.74 Å². The molecule has 0 spiro atoms. The average Bonchev–Trinajstić information content (AvgIpc) is 2.71. The molecule has 1 heterocycles. The molecule has 0 saturated carbocycles. The molecule has 3 unspecified atom stereocenters. The molecule has 0 fully saturated rings. The van der Waals surface area contributed by atoms with Crippen LogP contribution >= 0.6 is 0 Å². The summed E-state index contributed by atoms with van der Waals surface area (Å²) in [5.74, 6) is 0.399. The van der Waals surface area contributed by atoms with Crippen LogP contribution in [0.1, 0.15) is 12.5 Å². The van der Waals surface area contributed by atoms with Crippen molar-refractivity contribution in [1.29, 1.82) is 0 Å². The Labute approximate surface area is 168 Å². The van der Waals surface area contributed by atoms with E-state index in [1.54, 1.807) is 12.3 Å². The van der Waals surface area contributed by atoms with Crippen molar-refractivity contribution in [3.8, 4) is 16.9 Å². The lowest BCUT2D eigenvalue weighted by atomic mass is 9.98. The lowest BCUT2D eigenvalue weighted by Crippen LogP contribution is -2.42. The summed E-state index contributed by atoms with van der Waals surface area (Å²) < 4.78 is 10.9. The largest absolute Gasteiger partial charge is 0.459 e. The number of fused-ring (bicyclic) bond motifs is 1. The summed E-state index contributed by atoms with van der Waals surface area (Å²) in [5.41, 5.74) is 2.79. The van der Waals surface area contributed by atoms with E-state index < -0.39 is 31.4 Å². The number of ether oxygens (including phenoxy) is 2. The first-order valence-corrected chi connectivity index (χ1v) is 9.31. The highest BCUT2D eigenvalue weighted by molar-refractivity contribution is 5.96. The van der Waals surface area contributed by atoms with E-state index in [1.165, 1.54) is 6.92 Å². The van der Waals surface area contributed by atoms with Crippen molar-refractivity contribution >= 4 is 10.8 Å². The van der Waals surface area contributed by atoms with Gasteiger partial charge in [-0.05, 0) is 54.1 Å². The fraction of sp³-hybridized carbons (Fsp3) is 0.318. The number of rotatable bonds is 8. The van der Waals surface area contributed by atoms with E-state index in [2.05, 4.69) is 4.98 Å². The molecular formula is C22H25NO6. The fourth-order valence-corrected chi connectivity index (χ4v) is 3.09. The van der Waals surface area contributed by atoms with Crippen LogP contribution in [0.15, 0.2) is 54.9 Å². The van der Waals surface area contributed by atoms with Gasteiger partial charge in [0.2, 0.25) is 6.29 Å². The normalized spacial score (nSPS) is 14.7. The van der Waals surface area contributed by atoms with Crippen LogP contribution < -0.4 is 4.74 Å². The molecule has 3 aromatic rings. The SMILES string of the molecule is Cc1cc(-c2cccc3cnccc23)ccc1OC(OC(CO)C(C)O)C(O)O. The first-order chi connectivity index (χ1) is 13.9. The van der Waals surface area contributed by atoms with E-state index in [9.17, 15) is 20.4 Å². The number of aliphatic hydroxyl groups excluding tert-OH is 3. The maximum absolute atomic E-state index is 9.60. The number of aromatic nitrogens is 1. The van der Waals surface area contributed by atoms with Gasteiger partial charge in [0.05, 0.1) is 12.7 Å². The number of pyridine rings is 1. The molecule has 0 aliphatic rings. The molecule has 0 aliphatic carbocycles. The number of aryl methyl sites for hydroxylation is 1. The Kier molecular flexibility index (Phi) is 6.79. The minimum Gasteiger partial charge on any atom is -0.459 e. The number of hydrogen-bond acceptors (Lipinski definition) is 7. The Morgan fingerprint density at radius 1 is 1.07 bits per heavy atom. The van der Waals surface area contributed by atoms with E-state index in [-0.39, 0.29) is 0 Å². The van der Waals surface area contributed by atoms with Crippen LogP contribution in [-0.4, -0.2) is 56.8 Å². The standard InChI is InChI=1S/C22H25NO6/c1-13-10-15(17-5-3-4-16-11-23-9-8-18(16)17)6-7-19(13)28-22(21(26)27)29-20(12-24)14(2)25/h3-11,14,20-22,24-27H,12H2,1-2H3. The zero-order valence-electron chi connectivity index (χ0n) is 16.3. The van der Waals surface area contributed by atoms with Gasteiger partial charge in [-0.3, -0.25) is 4.98 Å². The van der Waals surface area contributed by atoms with Crippen LogP contribution in [0, 0.1) is 6.92 Å². The second kappa shape index (κ2) is 9.30. The highest BCUT2D eigenvalue weighted by Crippen LogP contribution is 2.32. The third-order valence-electron chi connectivity index (χ3n) is 4.68. The highest BCUT2D eigenvalue weighted by atomic mass is 16.7. The van der Waals surface area contributed by atoms with Crippen molar-refractivity contribution in [3.63, 3.8) is 0 Å². The first kappa shape index (κ1) is 21.2. The van der Waals surface area contributed by atoms with E-state index in [1.807, 2.05) is 49.5 Å². The Morgan fingerprint density at radius 3 is 2.52 bits per heavy atom. The molecule has 29 heavy (non-hydrogen) atoms. The minimum atomic E-state index is -1.95. The first-order valence-electron chi connectivity index (χ1n) is 9.31. The van der Waals surface area contributed by atoms with E-state index in [0.29, 0.717) is 5.75 Å². The molecule has 154 valence electrons. The number of aliphatic hydroxyl groups is 4. The maximum Gasteiger partial charge on any atom is 0.251 e. The topological polar surface area (TPSA) is 112 Å². The molecule has 0 amide bonds.